The molecular formula is C22H27ClN2O2S. The zero-order valence-corrected chi connectivity index (χ0v) is 18.1. The molecule has 1 atom stereocenters. The van der Waals surface area contributed by atoms with Crippen molar-refractivity contribution < 1.29 is 9.59 Å². The quantitative estimate of drug-likeness (QED) is 0.597. The zero-order valence-electron chi connectivity index (χ0n) is 16.5. The predicted molar refractivity (Wildman–Crippen MR) is 117 cm³/mol. The number of nitrogens with zero attached hydrogens (tertiary/aromatic N) is 1. The normalized spacial score (nSPS) is 11.9. The van der Waals surface area contributed by atoms with Gasteiger partial charge in [0.25, 0.3) is 0 Å². The number of rotatable bonds is 9. The number of benzene rings is 2. The second-order valence-corrected chi connectivity index (χ2v) is 8.51. The molecule has 0 unspecified atom stereocenters. The molecule has 2 amide bonds. The van der Waals surface area contributed by atoms with Crippen molar-refractivity contribution >= 4 is 35.2 Å². The van der Waals surface area contributed by atoms with Crippen LogP contribution in [0, 0.1) is 0 Å². The number of nitrogens with one attached hydrogen (secondary N) is 1. The molecule has 0 fully saturated rings. The van der Waals surface area contributed by atoms with E-state index in [1.807, 2.05) is 62.4 Å². The minimum absolute atomic E-state index is 0.0201. The van der Waals surface area contributed by atoms with Crippen molar-refractivity contribution in [2.45, 2.75) is 50.7 Å². The van der Waals surface area contributed by atoms with E-state index in [1.54, 1.807) is 29.7 Å². The van der Waals surface area contributed by atoms with Crippen molar-refractivity contribution in [3.05, 3.63) is 65.2 Å². The fraction of sp³-hybridized carbons (Fsp3) is 0.364. The van der Waals surface area contributed by atoms with Gasteiger partial charge in [0.2, 0.25) is 11.8 Å². The maximum atomic E-state index is 13.0. The summed E-state index contributed by atoms with van der Waals surface area (Å²) in [5, 5.41) is 3.51. The first-order valence-electron chi connectivity index (χ1n) is 9.39. The van der Waals surface area contributed by atoms with E-state index in [1.165, 1.54) is 0 Å². The van der Waals surface area contributed by atoms with Crippen LogP contribution >= 0.6 is 23.4 Å². The fourth-order valence-electron chi connectivity index (χ4n) is 2.74. The van der Waals surface area contributed by atoms with E-state index in [-0.39, 0.29) is 17.9 Å². The van der Waals surface area contributed by atoms with Gasteiger partial charge in [-0.1, -0.05) is 41.9 Å². The lowest BCUT2D eigenvalue weighted by molar-refractivity contribution is -0.140. The molecular weight excluding hydrogens is 392 g/mol. The molecule has 0 saturated heterocycles. The number of carbonyl (C=O) groups excluding carboxylic acids is 2. The summed E-state index contributed by atoms with van der Waals surface area (Å²) in [6.07, 6.45) is 0.361. The monoisotopic (exact) mass is 418 g/mol. The molecule has 0 aromatic heterocycles. The highest BCUT2D eigenvalue weighted by Gasteiger charge is 2.26. The fourth-order valence-corrected chi connectivity index (χ4v) is 3.81. The van der Waals surface area contributed by atoms with Gasteiger partial charge in [0.1, 0.15) is 6.04 Å². The lowest BCUT2D eigenvalue weighted by Crippen LogP contribution is -2.49. The minimum atomic E-state index is -0.560. The number of amides is 2. The second-order valence-electron chi connectivity index (χ2n) is 6.90. The third kappa shape index (κ3) is 7.21. The molecule has 0 saturated carbocycles. The highest BCUT2D eigenvalue weighted by Crippen LogP contribution is 2.20. The van der Waals surface area contributed by atoms with Crippen LogP contribution in [0.2, 0.25) is 5.02 Å². The van der Waals surface area contributed by atoms with Crippen LogP contribution in [-0.2, 0) is 16.1 Å². The van der Waals surface area contributed by atoms with Gasteiger partial charge in [-0.15, -0.1) is 11.8 Å². The van der Waals surface area contributed by atoms with Gasteiger partial charge in [-0.05, 0) is 50.6 Å². The lowest BCUT2D eigenvalue weighted by atomic mass is 10.1. The highest BCUT2D eigenvalue weighted by molar-refractivity contribution is 7.99. The first kappa shape index (κ1) is 22.3. The van der Waals surface area contributed by atoms with Crippen LogP contribution in [0.1, 0.15) is 32.8 Å². The van der Waals surface area contributed by atoms with Crippen LogP contribution in [0.25, 0.3) is 0 Å². The summed E-state index contributed by atoms with van der Waals surface area (Å²) in [6.45, 7) is 5.93. The van der Waals surface area contributed by atoms with Crippen LogP contribution in [0.5, 0.6) is 0 Å². The van der Waals surface area contributed by atoms with Crippen LogP contribution in [0.4, 0.5) is 0 Å². The number of carbonyl (C=O) groups is 2. The summed E-state index contributed by atoms with van der Waals surface area (Å²) < 4.78 is 0. The van der Waals surface area contributed by atoms with Crippen LogP contribution in [-0.4, -0.2) is 34.6 Å². The van der Waals surface area contributed by atoms with Gasteiger partial charge in [0.15, 0.2) is 0 Å². The largest absolute Gasteiger partial charge is 0.352 e. The Morgan fingerprint density at radius 1 is 1.07 bits per heavy atom. The van der Waals surface area contributed by atoms with Gasteiger partial charge in [-0.2, -0.15) is 0 Å². The molecule has 0 bridgehead atoms. The first-order valence-corrected chi connectivity index (χ1v) is 10.8. The summed E-state index contributed by atoms with van der Waals surface area (Å²) in [5.74, 6) is 0.462. The van der Waals surface area contributed by atoms with Crippen LogP contribution in [0.3, 0.4) is 0 Å². The Kier molecular flexibility index (Phi) is 8.87. The van der Waals surface area contributed by atoms with Gasteiger partial charge >= 0.3 is 0 Å². The third-order valence-electron chi connectivity index (χ3n) is 4.17. The van der Waals surface area contributed by atoms with Crippen LogP contribution < -0.4 is 5.32 Å². The van der Waals surface area contributed by atoms with E-state index in [2.05, 4.69) is 5.32 Å². The Hall–Kier alpha value is -1.98. The summed E-state index contributed by atoms with van der Waals surface area (Å²) >= 11 is 7.72. The Morgan fingerprint density at radius 2 is 1.79 bits per heavy atom. The molecule has 2 aromatic carbocycles. The first-order chi connectivity index (χ1) is 13.4. The van der Waals surface area contributed by atoms with Gasteiger partial charge in [-0.25, -0.2) is 0 Å². The maximum absolute atomic E-state index is 13.0. The van der Waals surface area contributed by atoms with Gasteiger partial charge in [-0.3, -0.25) is 9.59 Å². The molecule has 2 aromatic rings. The van der Waals surface area contributed by atoms with E-state index >= 15 is 0 Å². The Labute approximate surface area is 176 Å². The summed E-state index contributed by atoms with van der Waals surface area (Å²) in [5.41, 5.74) is 0.903. The average Bonchev–Trinajstić information content (AvgIpc) is 2.66. The Balaban J connectivity index is 2.07. The number of hydrogen-bond acceptors (Lipinski definition) is 3. The number of thioether (sulfide) groups is 1. The van der Waals surface area contributed by atoms with Crippen molar-refractivity contribution in [2.75, 3.05) is 5.75 Å². The number of halogens is 1. The maximum Gasteiger partial charge on any atom is 0.242 e. The van der Waals surface area contributed by atoms with Crippen molar-refractivity contribution in [1.29, 1.82) is 0 Å². The Morgan fingerprint density at radius 3 is 2.43 bits per heavy atom. The van der Waals surface area contributed by atoms with Crippen molar-refractivity contribution in [3.63, 3.8) is 0 Å². The average molecular weight is 419 g/mol. The molecule has 0 heterocycles. The van der Waals surface area contributed by atoms with E-state index in [0.29, 0.717) is 23.7 Å². The van der Waals surface area contributed by atoms with Crippen LogP contribution in [0.15, 0.2) is 59.5 Å². The molecule has 1 N–H and O–H groups in total. The summed E-state index contributed by atoms with van der Waals surface area (Å²) in [6, 6.07) is 16.8. The van der Waals surface area contributed by atoms with Gasteiger partial charge in [0.05, 0.1) is 0 Å². The molecule has 0 spiro atoms. The smallest absolute Gasteiger partial charge is 0.242 e. The Bertz CT molecular complexity index is 783. The lowest BCUT2D eigenvalue weighted by Gasteiger charge is -2.29. The standard InChI is InChI=1S/C22H27ClN2O2S/c1-16(2)24-22(27)17(3)25(15-18-8-7-9-19(23)14-18)21(26)12-13-28-20-10-5-4-6-11-20/h4-11,14,16-17H,12-13,15H2,1-3H3,(H,24,27)/t17-/m1/s1. The van der Waals surface area contributed by atoms with Gasteiger partial charge in [0, 0.05) is 34.7 Å². The molecule has 0 aliphatic carbocycles. The minimum Gasteiger partial charge on any atom is -0.352 e. The third-order valence-corrected chi connectivity index (χ3v) is 5.42. The molecule has 0 aliphatic heterocycles. The molecule has 28 heavy (non-hydrogen) atoms. The van der Waals surface area contributed by atoms with E-state index in [4.69, 9.17) is 11.6 Å². The molecule has 6 heteroatoms. The van der Waals surface area contributed by atoms with Crippen molar-refractivity contribution in [3.8, 4) is 0 Å². The summed E-state index contributed by atoms with van der Waals surface area (Å²) in [7, 11) is 0. The molecule has 0 radical (unpaired) electrons. The van der Waals surface area contributed by atoms with Crippen molar-refractivity contribution in [2.24, 2.45) is 0 Å². The van der Waals surface area contributed by atoms with Crippen molar-refractivity contribution in [1.82, 2.24) is 10.2 Å². The second kappa shape index (κ2) is 11.1. The predicted octanol–water partition coefficient (Wildman–Crippen LogP) is 4.76. The zero-order chi connectivity index (χ0) is 20.5. The summed E-state index contributed by atoms with van der Waals surface area (Å²) in [4.78, 5) is 28.2. The van der Waals surface area contributed by atoms with E-state index in [9.17, 15) is 9.59 Å². The molecule has 150 valence electrons. The topological polar surface area (TPSA) is 49.4 Å². The number of hydrogen-bond donors (Lipinski definition) is 1. The highest BCUT2D eigenvalue weighted by atomic mass is 35.5. The van der Waals surface area contributed by atoms with E-state index < -0.39 is 6.04 Å². The van der Waals surface area contributed by atoms with E-state index in [0.717, 1.165) is 10.5 Å². The SMILES string of the molecule is CC(C)NC(=O)[C@@H](C)N(Cc1cccc(Cl)c1)C(=O)CCSc1ccccc1. The van der Waals surface area contributed by atoms with Gasteiger partial charge < -0.3 is 10.2 Å². The molecule has 4 nitrogen and oxygen atoms in total. The molecule has 0 aliphatic rings. The molecule has 2 rings (SSSR count).